The predicted octanol–water partition coefficient (Wildman–Crippen LogP) is 1.84. The van der Waals surface area contributed by atoms with Gasteiger partial charge in [-0.2, -0.15) is 0 Å². The maximum Gasteiger partial charge on any atom is 0.341 e. The molecule has 1 amide bonds. The Bertz CT molecular complexity index is 729. The van der Waals surface area contributed by atoms with Crippen LogP contribution in [0.4, 0.5) is 0 Å². The van der Waals surface area contributed by atoms with Crippen molar-refractivity contribution in [1.29, 1.82) is 0 Å². The molecule has 2 rings (SSSR count). The standard InChI is InChI=1S/C14H15Cl2NO5S/c1-14(5-6-23(20,21)8-14)17-11(18)7-22-13(19)12-9(15)3-2-4-10(12)16/h2-4H,5-8H2,1H3,(H,17,18)/t14-/m0/s1. The van der Waals surface area contributed by atoms with Crippen LogP contribution in [0.3, 0.4) is 0 Å². The summed E-state index contributed by atoms with van der Waals surface area (Å²) in [6.45, 7) is 1.10. The Balaban J connectivity index is 1.94. The van der Waals surface area contributed by atoms with E-state index in [1.165, 1.54) is 12.1 Å². The lowest BCUT2D eigenvalue weighted by Crippen LogP contribution is -2.48. The van der Waals surface area contributed by atoms with Gasteiger partial charge in [0.05, 0.1) is 32.7 Å². The molecule has 0 bridgehead atoms. The Morgan fingerprint density at radius 2 is 1.91 bits per heavy atom. The monoisotopic (exact) mass is 379 g/mol. The number of rotatable bonds is 4. The van der Waals surface area contributed by atoms with Crippen LogP contribution in [0.25, 0.3) is 0 Å². The summed E-state index contributed by atoms with van der Waals surface area (Å²) in [5, 5.41) is 2.83. The lowest BCUT2D eigenvalue weighted by atomic mass is 10.0. The maximum atomic E-state index is 11.9. The largest absolute Gasteiger partial charge is 0.452 e. The van der Waals surface area contributed by atoms with Crippen LogP contribution >= 0.6 is 23.2 Å². The molecule has 1 atom stereocenters. The highest BCUT2D eigenvalue weighted by atomic mass is 35.5. The van der Waals surface area contributed by atoms with Gasteiger partial charge in [0, 0.05) is 0 Å². The molecule has 0 aliphatic carbocycles. The van der Waals surface area contributed by atoms with Crippen molar-refractivity contribution in [3.05, 3.63) is 33.8 Å². The van der Waals surface area contributed by atoms with Crippen molar-refractivity contribution in [2.75, 3.05) is 18.1 Å². The van der Waals surface area contributed by atoms with Gasteiger partial charge in [0.25, 0.3) is 5.91 Å². The summed E-state index contributed by atoms with van der Waals surface area (Å²) in [5.74, 6) is -1.50. The fourth-order valence-electron chi connectivity index (χ4n) is 2.38. The minimum atomic E-state index is -3.14. The van der Waals surface area contributed by atoms with Crippen LogP contribution in [0.1, 0.15) is 23.7 Å². The molecule has 1 heterocycles. The average molecular weight is 380 g/mol. The topological polar surface area (TPSA) is 89.5 Å². The van der Waals surface area contributed by atoms with Crippen molar-refractivity contribution in [2.24, 2.45) is 0 Å². The molecule has 1 aromatic carbocycles. The van der Waals surface area contributed by atoms with E-state index >= 15 is 0 Å². The van der Waals surface area contributed by atoms with Crippen LogP contribution < -0.4 is 5.32 Å². The summed E-state index contributed by atoms with van der Waals surface area (Å²) in [6.07, 6.45) is 0.325. The molecule has 23 heavy (non-hydrogen) atoms. The normalized spacial score (nSPS) is 22.6. The number of carbonyl (C=O) groups is 2. The first-order valence-electron chi connectivity index (χ1n) is 6.74. The summed E-state index contributed by atoms with van der Waals surface area (Å²) < 4.78 is 27.9. The van der Waals surface area contributed by atoms with Gasteiger partial charge < -0.3 is 10.1 Å². The molecule has 0 unspecified atom stereocenters. The number of sulfone groups is 1. The molecule has 1 fully saturated rings. The van der Waals surface area contributed by atoms with Gasteiger partial charge in [0.2, 0.25) is 0 Å². The lowest BCUT2D eigenvalue weighted by Gasteiger charge is -2.23. The van der Waals surface area contributed by atoms with Gasteiger partial charge >= 0.3 is 5.97 Å². The molecule has 0 spiro atoms. The second-order valence-corrected chi connectivity index (χ2v) is 8.62. The van der Waals surface area contributed by atoms with E-state index in [0.29, 0.717) is 6.42 Å². The molecule has 0 radical (unpaired) electrons. The van der Waals surface area contributed by atoms with Crippen LogP contribution in [0.5, 0.6) is 0 Å². The molecule has 1 aromatic rings. The average Bonchev–Trinajstić information content (AvgIpc) is 2.70. The van der Waals surface area contributed by atoms with E-state index in [1.807, 2.05) is 0 Å². The van der Waals surface area contributed by atoms with Crippen molar-refractivity contribution < 1.29 is 22.7 Å². The highest BCUT2D eigenvalue weighted by Crippen LogP contribution is 2.25. The SMILES string of the molecule is C[C@]1(NC(=O)COC(=O)c2c(Cl)cccc2Cl)CCS(=O)(=O)C1. The Kier molecular flexibility index (Phi) is 5.23. The second kappa shape index (κ2) is 6.67. The number of carbonyl (C=O) groups excluding carboxylic acids is 2. The zero-order valence-electron chi connectivity index (χ0n) is 12.3. The number of benzene rings is 1. The van der Waals surface area contributed by atoms with Gasteiger partial charge in [-0.25, -0.2) is 13.2 Å². The Labute approximate surface area is 144 Å². The first kappa shape index (κ1) is 18.0. The summed E-state index contributed by atoms with van der Waals surface area (Å²) in [7, 11) is -3.14. The number of halogens is 2. The number of hydrogen-bond acceptors (Lipinski definition) is 5. The molecule has 0 aromatic heterocycles. The van der Waals surface area contributed by atoms with Gasteiger partial charge in [0.1, 0.15) is 0 Å². The van der Waals surface area contributed by atoms with E-state index in [-0.39, 0.29) is 27.1 Å². The third-order valence-corrected chi connectivity index (χ3v) is 5.98. The van der Waals surface area contributed by atoms with Crippen molar-refractivity contribution in [1.82, 2.24) is 5.32 Å². The molecule has 1 aliphatic heterocycles. The fourth-order valence-corrected chi connectivity index (χ4v) is 5.02. The summed E-state index contributed by atoms with van der Waals surface area (Å²) >= 11 is 11.8. The van der Waals surface area contributed by atoms with Gasteiger partial charge in [-0.1, -0.05) is 29.3 Å². The summed E-state index contributed by atoms with van der Waals surface area (Å²) in [6, 6.07) is 4.54. The summed E-state index contributed by atoms with van der Waals surface area (Å²) in [4.78, 5) is 23.8. The van der Waals surface area contributed by atoms with E-state index in [4.69, 9.17) is 27.9 Å². The Morgan fingerprint density at radius 1 is 1.30 bits per heavy atom. The molecule has 126 valence electrons. The molecule has 9 heteroatoms. The third kappa shape index (κ3) is 4.59. The zero-order chi connectivity index (χ0) is 17.3. The smallest absolute Gasteiger partial charge is 0.341 e. The molecule has 0 saturated carbocycles. The molecule has 1 N–H and O–H groups in total. The lowest BCUT2D eigenvalue weighted by molar-refractivity contribution is -0.125. The van der Waals surface area contributed by atoms with Crippen LogP contribution in [0, 0.1) is 0 Å². The fraction of sp³-hybridized carbons (Fsp3) is 0.429. The first-order chi connectivity index (χ1) is 10.6. The summed E-state index contributed by atoms with van der Waals surface area (Å²) in [5.41, 5.74) is -0.858. The van der Waals surface area contributed by atoms with Crippen LogP contribution in [0.2, 0.25) is 10.0 Å². The highest BCUT2D eigenvalue weighted by molar-refractivity contribution is 7.91. The van der Waals surface area contributed by atoms with Gasteiger partial charge in [0.15, 0.2) is 16.4 Å². The van der Waals surface area contributed by atoms with E-state index in [0.717, 1.165) is 0 Å². The van der Waals surface area contributed by atoms with Crippen molar-refractivity contribution in [3.8, 4) is 0 Å². The maximum absolute atomic E-state index is 11.9. The molecular weight excluding hydrogens is 365 g/mol. The van der Waals surface area contributed by atoms with Crippen LogP contribution in [0.15, 0.2) is 18.2 Å². The van der Waals surface area contributed by atoms with Crippen LogP contribution in [-0.2, 0) is 19.4 Å². The number of hydrogen-bond donors (Lipinski definition) is 1. The Morgan fingerprint density at radius 3 is 2.43 bits per heavy atom. The van der Waals surface area contributed by atoms with Gasteiger partial charge in [-0.15, -0.1) is 0 Å². The van der Waals surface area contributed by atoms with Crippen LogP contribution in [-0.4, -0.2) is 43.9 Å². The minimum absolute atomic E-state index is 0.0155. The number of nitrogens with one attached hydrogen (secondary N) is 1. The first-order valence-corrected chi connectivity index (χ1v) is 9.32. The van der Waals surface area contributed by atoms with Crippen molar-refractivity contribution in [2.45, 2.75) is 18.9 Å². The molecule has 1 aliphatic rings. The zero-order valence-corrected chi connectivity index (χ0v) is 14.6. The van der Waals surface area contributed by atoms with E-state index in [2.05, 4.69) is 5.32 Å². The quantitative estimate of drug-likeness (QED) is 0.806. The third-order valence-electron chi connectivity index (χ3n) is 3.45. The predicted molar refractivity (Wildman–Crippen MR) is 86.6 cm³/mol. The molecule has 1 saturated heterocycles. The molecular formula is C14H15Cl2NO5S. The minimum Gasteiger partial charge on any atom is -0.452 e. The van der Waals surface area contributed by atoms with Crippen molar-refractivity contribution >= 4 is 44.9 Å². The molecule has 6 nitrogen and oxygen atoms in total. The van der Waals surface area contributed by atoms with Crippen molar-refractivity contribution in [3.63, 3.8) is 0 Å². The van der Waals surface area contributed by atoms with Gasteiger partial charge in [-0.3, -0.25) is 4.79 Å². The highest BCUT2D eigenvalue weighted by Gasteiger charge is 2.39. The number of esters is 1. The second-order valence-electron chi connectivity index (χ2n) is 5.62. The number of ether oxygens (including phenoxy) is 1. The van der Waals surface area contributed by atoms with E-state index < -0.39 is 33.9 Å². The van der Waals surface area contributed by atoms with Gasteiger partial charge in [-0.05, 0) is 25.5 Å². The Hall–Kier alpha value is -1.31. The number of amides is 1. The van der Waals surface area contributed by atoms with E-state index in [9.17, 15) is 18.0 Å². The van der Waals surface area contributed by atoms with E-state index in [1.54, 1.807) is 13.0 Å².